The predicted molar refractivity (Wildman–Crippen MR) is 89.9 cm³/mol. The second-order valence-corrected chi connectivity index (χ2v) is 5.36. The molecule has 0 radical (unpaired) electrons. The Hall–Kier alpha value is -1.66. The maximum atomic E-state index is 12.4. The van der Waals surface area contributed by atoms with Gasteiger partial charge in [-0.05, 0) is 40.2 Å². The summed E-state index contributed by atoms with van der Waals surface area (Å²) in [7, 11) is 0. The average Bonchev–Trinajstić information content (AvgIpc) is 2.53. The van der Waals surface area contributed by atoms with E-state index in [2.05, 4.69) is 10.3 Å². The van der Waals surface area contributed by atoms with Crippen molar-refractivity contribution in [2.75, 3.05) is 31.7 Å². The van der Waals surface area contributed by atoms with Crippen LogP contribution in [0, 0.1) is 6.92 Å². The second-order valence-electron chi connectivity index (χ2n) is 5.36. The summed E-state index contributed by atoms with van der Waals surface area (Å²) in [4.78, 5) is 16.6. The van der Waals surface area contributed by atoms with Crippen molar-refractivity contribution >= 4 is 11.6 Å². The molecule has 1 N–H and O–H groups in total. The summed E-state index contributed by atoms with van der Waals surface area (Å²) in [5.41, 5.74) is 0.646. The lowest BCUT2D eigenvalue weighted by Gasteiger charge is -2.26. The fourth-order valence-electron chi connectivity index (χ4n) is 2.03. The lowest BCUT2D eigenvalue weighted by atomic mass is 10.0. The van der Waals surface area contributed by atoms with E-state index in [0.717, 1.165) is 5.56 Å². The zero-order valence-corrected chi connectivity index (χ0v) is 14.8. The molecule has 0 bridgehead atoms. The molecule has 0 aliphatic rings. The van der Waals surface area contributed by atoms with E-state index in [-0.39, 0.29) is 5.91 Å². The molecule has 1 atom stereocenters. The summed E-state index contributed by atoms with van der Waals surface area (Å²) in [6.07, 6.45) is 2.18. The van der Waals surface area contributed by atoms with Crippen molar-refractivity contribution in [2.24, 2.45) is 0 Å². The number of aryl methyl sites for hydroxylation is 1. The van der Waals surface area contributed by atoms with Gasteiger partial charge in [-0.1, -0.05) is 6.92 Å². The summed E-state index contributed by atoms with van der Waals surface area (Å²) in [6, 6.07) is 1.84. The molecular formula is C17H28N2O4. The highest BCUT2D eigenvalue weighted by molar-refractivity contribution is 5.97. The quantitative estimate of drug-likeness (QED) is 0.670. The SMILES string of the molecule is CCOCCOc1ncc(NC(=O)[C@@](C)(CC)OCC)cc1C. The highest BCUT2D eigenvalue weighted by atomic mass is 16.5. The first-order valence-corrected chi connectivity index (χ1v) is 8.09. The van der Waals surface area contributed by atoms with Gasteiger partial charge in [-0.25, -0.2) is 4.98 Å². The number of anilines is 1. The van der Waals surface area contributed by atoms with Crippen LogP contribution >= 0.6 is 0 Å². The van der Waals surface area contributed by atoms with Crippen molar-refractivity contribution in [3.8, 4) is 5.88 Å². The number of pyridine rings is 1. The maximum absolute atomic E-state index is 12.4. The van der Waals surface area contributed by atoms with Gasteiger partial charge in [-0.2, -0.15) is 0 Å². The molecule has 0 aromatic carbocycles. The molecule has 0 aliphatic heterocycles. The molecule has 1 aromatic heterocycles. The van der Waals surface area contributed by atoms with Crippen LogP contribution in [0.15, 0.2) is 12.3 Å². The fourth-order valence-corrected chi connectivity index (χ4v) is 2.03. The Morgan fingerprint density at radius 2 is 2.00 bits per heavy atom. The standard InChI is InChI=1S/C17H28N2O4/c1-6-17(5,23-8-3)16(20)19-14-11-13(4)15(18-12-14)22-10-9-21-7-2/h11-12H,6-10H2,1-5H3,(H,19,20)/t17-/m1/s1. The highest BCUT2D eigenvalue weighted by Crippen LogP contribution is 2.21. The van der Waals surface area contributed by atoms with Crippen LogP contribution in [0.25, 0.3) is 0 Å². The number of aromatic nitrogens is 1. The van der Waals surface area contributed by atoms with E-state index in [9.17, 15) is 4.79 Å². The van der Waals surface area contributed by atoms with Gasteiger partial charge in [0.05, 0.1) is 18.5 Å². The van der Waals surface area contributed by atoms with Gasteiger partial charge in [-0.15, -0.1) is 0 Å². The number of rotatable bonds is 10. The molecule has 130 valence electrons. The Morgan fingerprint density at radius 3 is 2.57 bits per heavy atom. The van der Waals surface area contributed by atoms with Crippen molar-refractivity contribution in [1.29, 1.82) is 0 Å². The molecule has 0 fully saturated rings. The van der Waals surface area contributed by atoms with Crippen LogP contribution < -0.4 is 10.1 Å². The first-order valence-electron chi connectivity index (χ1n) is 8.09. The van der Waals surface area contributed by atoms with Gasteiger partial charge in [0.15, 0.2) is 0 Å². The zero-order valence-electron chi connectivity index (χ0n) is 14.8. The number of nitrogens with one attached hydrogen (secondary N) is 1. The third kappa shape index (κ3) is 5.80. The zero-order chi connectivity index (χ0) is 17.3. The Bertz CT molecular complexity index is 507. The topological polar surface area (TPSA) is 69.7 Å². The van der Waals surface area contributed by atoms with E-state index in [0.29, 0.717) is 44.4 Å². The predicted octanol–water partition coefficient (Wildman–Crippen LogP) is 2.95. The van der Waals surface area contributed by atoms with Crippen LogP contribution in [0.4, 0.5) is 5.69 Å². The molecule has 6 nitrogen and oxygen atoms in total. The van der Waals surface area contributed by atoms with Crippen molar-refractivity contribution < 1.29 is 19.0 Å². The largest absolute Gasteiger partial charge is 0.475 e. The Balaban J connectivity index is 2.68. The van der Waals surface area contributed by atoms with Crippen molar-refractivity contribution in [3.05, 3.63) is 17.8 Å². The minimum atomic E-state index is -0.838. The van der Waals surface area contributed by atoms with Gasteiger partial charge < -0.3 is 19.5 Å². The van der Waals surface area contributed by atoms with Crippen LogP contribution in [0.5, 0.6) is 5.88 Å². The monoisotopic (exact) mass is 324 g/mol. The summed E-state index contributed by atoms with van der Waals surface area (Å²) >= 11 is 0. The summed E-state index contributed by atoms with van der Waals surface area (Å²) < 4.78 is 16.3. The molecule has 1 aromatic rings. The fraction of sp³-hybridized carbons (Fsp3) is 0.647. The molecular weight excluding hydrogens is 296 g/mol. The lowest BCUT2D eigenvalue weighted by molar-refractivity contribution is -0.139. The Labute approximate surface area is 138 Å². The number of hydrogen-bond donors (Lipinski definition) is 1. The van der Waals surface area contributed by atoms with E-state index >= 15 is 0 Å². The van der Waals surface area contributed by atoms with E-state index in [1.807, 2.05) is 33.8 Å². The molecule has 0 unspecified atom stereocenters. The first kappa shape index (κ1) is 19.4. The van der Waals surface area contributed by atoms with Crippen molar-refractivity contribution in [3.63, 3.8) is 0 Å². The van der Waals surface area contributed by atoms with E-state index < -0.39 is 5.60 Å². The van der Waals surface area contributed by atoms with Crippen LogP contribution in [-0.4, -0.2) is 42.9 Å². The van der Waals surface area contributed by atoms with E-state index in [4.69, 9.17) is 14.2 Å². The summed E-state index contributed by atoms with van der Waals surface area (Å²) in [5.74, 6) is 0.374. The van der Waals surface area contributed by atoms with Gasteiger partial charge in [0, 0.05) is 18.8 Å². The molecule has 23 heavy (non-hydrogen) atoms. The minimum Gasteiger partial charge on any atom is -0.475 e. The van der Waals surface area contributed by atoms with Crippen LogP contribution in [0.1, 0.15) is 39.7 Å². The molecule has 0 aliphatic carbocycles. The molecule has 0 saturated heterocycles. The lowest BCUT2D eigenvalue weighted by Crippen LogP contribution is -2.42. The molecule has 0 saturated carbocycles. The highest BCUT2D eigenvalue weighted by Gasteiger charge is 2.31. The van der Waals surface area contributed by atoms with Crippen molar-refractivity contribution in [2.45, 2.75) is 46.6 Å². The number of amides is 1. The van der Waals surface area contributed by atoms with Gasteiger partial charge in [-0.3, -0.25) is 4.79 Å². The first-order chi connectivity index (χ1) is 11.0. The van der Waals surface area contributed by atoms with E-state index in [1.54, 1.807) is 13.1 Å². The number of carbonyl (C=O) groups is 1. The number of carbonyl (C=O) groups excluding carboxylic acids is 1. The second kappa shape index (κ2) is 9.47. The van der Waals surface area contributed by atoms with Crippen LogP contribution in [0.3, 0.4) is 0 Å². The van der Waals surface area contributed by atoms with Gasteiger partial charge in [0.2, 0.25) is 5.88 Å². The van der Waals surface area contributed by atoms with Crippen molar-refractivity contribution in [1.82, 2.24) is 4.98 Å². The van der Waals surface area contributed by atoms with Gasteiger partial charge in [0.25, 0.3) is 5.91 Å². The third-order valence-corrected chi connectivity index (χ3v) is 3.58. The van der Waals surface area contributed by atoms with Crippen LogP contribution in [-0.2, 0) is 14.3 Å². The molecule has 6 heteroatoms. The van der Waals surface area contributed by atoms with Gasteiger partial charge in [0.1, 0.15) is 12.2 Å². The molecule has 0 spiro atoms. The third-order valence-electron chi connectivity index (χ3n) is 3.58. The minimum absolute atomic E-state index is 0.173. The Morgan fingerprint density at radius 1 is 1.26 bits per heavy atom. The normalized spacial score (nSPS) is 13.4. The van der Waals surface area contributed by atoms with E-state index in [1.165, 1.54) is 0 Å². The summed E-state index contributed by atoms with van der Waals surface area (Å²) in [5, 5.41) is 2.86. The molecule has 1 amide bonds. The summed E-state index contributed by atoms with van der Waals surface area (Å²) in [6.45, 7) is 11.5. The van der Waals surface area contributed by atoms with Gasteiger partial charge >= 0.3 is 0 Å². The number of ether oxygens (including phenoxy) is 3. The molecule has 1 heterocycles. The molecule has 1 rings (SSSR count). The smallest absolute Gasteiger partial charge is 0.256 e. The maximum Gasteiger partial charge on any atom is 0.256 e. The average molecular weight is 324 g/mol. The Kier molecular flexibility index (Phi) is 7.98. The number of hydrogen-bond acceptors (Lipinski definition) is 5. The number of nitrogens with zero attached hydrogens (tertiary/aromatic N) is 1. The van der Waals surface area contributed by atoms with Crippen LogP contribution in [0.2, 0.25) is 0 Å².